The van der Waals surface area contributed by atoms with Gasteiger partial charge in [0.25, 0.3) is 0 Å². The van der Waals surface area contributed by atoms with E-state index in [-0.39, 0.29) is 0 Å². The zero-order valence-corrected chi connectivity index (χ0v) is 15.1. The van der Waals surface area contributed by atoms with Crippen LogP contribution in [-0.4, -0.2) is 8.80 Å². The molecule has 1 aromatic carbocycles. The van der Waals surface area contributed by atoms with Gasteiger partial charge >= 0.3 is 50.0 Å². The topological polar surface area (TPSA) is 0 Å². The van der Waals surface area contributed by atoms with Gasteiger partial charge in [0, 0.05) is 8.80 Å². The second-order valence-electron chi connectivity index (χ2n) is 5.12. The van der Waals surface area contributed by atoms with Gasteiger partial charge in [-0.25, -0.2) is 0 Å². The zero-order chi connectivity index (χ0) is 14.3. The van der Waals surface area contributed by atoms with E-state index in [0.29, 0.717) is 0 Å². The van der Waals surface area contributed by atoms with Crippen molar-refractivity contribution in [1.29, 1.82) is 0 Å². The first kappa shape index (κ1) is 16.4. The van der Waals surface area contributed by atoms with Gasteiger partial charge in [0.1, 0.15) is 0 Å². The third-order valence-electron chi connectivity index (χ3n) is 3.27. The van der Waals surface area contributed by atoms with Crippen LogP contribution in [0.3, 0.4) is 0 Å². The Labute approximate surface area is 131 Å². The Hall–Kier alpha value is -0.629. The summed E-state index contributed by atoms with van der Waals surface area (Å²) in [4.78, 5) is 0. The Morgan fingerprint density at radius 3 is 2.37 bits per heavy atom. The fraction of sp³-hybridized carbons (Fsp3) is 0.294. The summed E-state index contributed by atoms with van der Waals surface area (Å²) in [6.45, 7) is 9.14. The molecule has 1 aromatic rings. The van der Waals surface area contributed by atoms with Crippen molar-refractivity contribution in [3.8, 4) is 0 Å². The third-order valence-corrected chi connectivity index (χ3v) is 5.79. The summed E-state index contributed by atoms with van der Waals surface area (Å²) in [5, 5.41) is 0. The van der Waals surface area contributed by atoms with Crippen molar-refractivity contribution in [2.75, 3.05) is 0 Å². The second-order valence-corrected chi connectivity index (χ2v) is 8.80. The van der Waals surface area contributed by atoms with E-state index in [2.05, 4.69) is 50.4 Å². The maximum atomic E-state index is 2.43. The Morgan fingerprint density at radius 2 is 1.84 bits per heavy atom. The monoisotopic (exact) mass is 303 g/mol. The summed E-state index contributed by atoms with van der Waals surface area (Å²) >= 11 is 2.00. The summed E-state index contributed by atoms with van der Waals surface area (Å²) in [6.07, 6.45) is 8.35. The molecular formula is C17H23SiTi. The van der Waals surface area contributed by atoms with Crippen molar-refractivity contribution < 1.29 is 20.4 Å². The quantitative estimate of drug-likeness (QED) is 0.542. The molecule has 1 unspecified atom stereocenters. The molecule has 0 spiro atoms. The van der Waals surface area contributed by atoms with E-state index in [1.807, 2.05) is 50.0 Å². The molecule has 0 radical (unpaired) electrons. The van der Waals surface area contributed by atoms with Crippen LogP contribution >= 0.6 is 0 Å². The average molecular weight is 303 g/mol. The van der Waals surface area contributed by atoms with E-state index in [9.17, 15) is 0 Å². The second kappa shape index (κ2) is 8.52. The van der Waals surface area contributed by atoms with Crippen LogP contribution in [-0.2, 0) is 20.4 Å². The number of hydrogen-bond donors (Lipinski definition) is 0. The summed E-state index contributed by atoms with van der Waals surface area (Å²) < 4.78 is 2.00. The van der Waals surface area contributed by atoms with Gasteiger partial charge < -0.3 is 0 Å². The molecule has 1 aliphatic carbocycles. The molecule has 0 amide bonds. The third kappa shape index (κ3) is 4.76. The first-order valence-corrected chi connectivity index (χ1v) is 10.7. The number of allylic oxidation sites excluding steroid dienone is 4. The molecule has 0 nitrogen and oxygen atoms in total. The number of hydrogen-bond acceptors (Lipinski definition) is 0. The van der Waals surface area contributed by atoms with E-state index >= 15 is 0 Å². The van der Waals surface area contributed by atoms with Gasteiger partial charge in [-0.15, -0.1) is 0 Å². The molecule has 0 heterocycles. The number of rotatable bonds is 2. The molecule has 1 atom stereocenters. The zero-order valence-electron chi connectivity index (χ0n) is 12.4. The molecule has 99 valence electrons. The van der Waals surface area contributed by atoms with Crippen LogP contribution in [0.1, 0.15) is 30.5 Å². The molecule has 0 N–H and O–H groups in total. The van der Waals surface area contributed by atoms with Gasteiger partial charge in [-0.05, 0) is 23.6 Å². The summed E-state index contributed by atoms with van der Waals surface area (Å²) in [5.41, 5.74) is 5.38. The number of benzene rings is 1. The molecule has 2 heteroatoms. The van der Waals surface area contributed by atoms with Gasteiger partial charge in [0.2, 0.25) is 0 Å². The van der Waals surface area contributed by atoms with Crippen molar-refractivity contribution in [2.24, 2.45) is 0 Å². The Kier molecular flexibility index (Phi) is 7.37. The molecule has 0 saturated heterocycles. The molecular weight excluding hydrogens is 280 g/mol. The van der Waals surface area contributed by atoms with E-state index in [1.165, 1.54) is 5.56 Å². The van der Waals surface area contributed by atoms with Gasteiger partial charge in [-0.2, -0.15) is 0 Å². The Morgan fingerprint density at radius 1 is 1.16 bits per heavy atom. The van der Waals surface area contributed by atoms with Crippen molar-refractivity contribution in [2.45, 2.75) is 32.5 Å². The van der Waals surface area contributed by atoms with E-state index in [4.69, 9.17) is 0 Å². The van der Waals surface area contributed by atoms with Crippen molar-refractivity contribution in [3.63, 3.8) is 0 Å². The standard InChI is InChI=1S/C12H16Si.C5H7.Ti/c1-9-8-10-6-4-5-7-11(10)12(9)13(2)3;1-3-5-4-2;/h4-8,12-13H,1-3H3;1,3-5H,2H3;. The van der Waals surface area contributed by atoms with Crippen LogP contribution in [0.2, 0.25) is 13.1 Å². The first-order valence-electron chi connectivity index (χ1n) is 6.84. The van der Waals surface area contributed by atoms with Crippen LogP contribution in [0.25, 0.3) is 6.08 Å². The first-order chi connectivity index (χ1) is 9.11. The molecule has 1 aliphatic rings. The van der Waals surface area contributed by atoms with Crippen LogP contribution in [0.4, 0.5) is 0 Å². The molecule has 2 rings (SSSR count). The molecule has 0 aromatic heterocycles. The minimum atomic E-state index is -0.586. The maximum absolute atomic E-state index is 2.43. The van der Waals surface area contributed by atoms with E-state index in [1.54, 1.807) is 11.1 Å². The predicted molar refractivity (Wildman–Crippen MR) is 85.7 cm³/mol. The molecule has 0 fully saturated rings. The molecule has 19 heavy (non-hydrogen) atoms. The van der Waals surface area contributed by atoms with Crippen LogP contribution < -0.4 is 0 Å². The van der Waals surface area contributed by atoms with E-state index < -0.39 is 8.80 Å². The van der Waals surface area contributed by atoms with Crippen LogP contribution in [0.5, 0.6) is 0 Å². The summed E-state index contributed by atoms with van der Waals surface area (Å²) in [7, 11) is -0.586. The van der Waals surface area contributed by atoms with Crippen LogP contribution in [0.15, 0.2) is 52.4 Å². The summed E-state index contributed by atoms with van der Waals surface area (Å²) in [5.74, 6) is 0. The van der Waals surface area contributed by atoms with Gasteiger partial charge in [-0.3, -0.25) is 0 Å². The molecule has 0 aliphatic heterocycles. The Bertz CT molecular complexity index is 474. The molecule has 0 bridgehead atoms. The number of fused-ring (bicyclic) bond motifs is 1. The van der Waals surface area contributed by atoms with Gasteiger partial charge in [0.15, 0.2) is 0 Å². The molecule has 0 saturated carbocycles. The Balaban J connectivity index is 0.000000258. The predicted octanol–water partition coefficient (Wildman–Crippen LogP) is 4.84. The van der Waals surface area contributed by atoms with Crippen molar-refractivity contribution in [1.82, 2.24) is 0 Å². The van der Waals surface area contributed by atoms with Gasteiger partial charge in [0.05, 0.1) is 0 Å². The SMILES string of the molecule is CC1=Cc2ccccc2C1[SiH](C)C.CC=CC=[CH][Ti]. The van der Waals surface area contributed by atoms with Gasteiger partial charge in [-0.1, -0.05) is 49.0 Å². The normalized spacial score (nSPS) is 17.5. The fourth-order valence-corrected chi connectivity index (χ4v) is 4.90. The minimum absolute atomic E-state index is 0.586. The van der Waals surface area contributed by atoms with Crippen LogP contribution in [0, 0.1) is 0 Å². The van der Waals surface area contributed by atoms with Crippen molar-refractivity contribution in [3.05, 3.63) is 63.6 Å². The summed E-state index contributed by atoms with van der Waals surface area (Å²) in [6, 6.07) is 8.82. The fourth-order valence-electron chi connectivity index (χ4n) is 2.56. The van der Waals surface area contributed by atoms with Crippen molar-refractivity contribution >= 4 is 14.9 Å². The average Bonchev–Trinajstić information content (AvgIpc) is 2.72. The van der Waals surface area contributed by atoms with E-state index in [0.717, 1.165) is 5.54 Å².